The van der Waals surface area contributed by atoms with Gasteiger partial charge in [0.2, 0.25) is 5.82 Å². The number of para-hydroxylation sites is 3. The van der Waals surface area contributed by atoms with Crippen LogP contribution in [-0.4, -0.2) is 47.2 Å². The van der Waals surface area contributed by atoms with Crippen molar-refractivity contribution >= 4 is 34.6 Å². The Morgan fingerprint density at radius 1 is 0.970 bits per heavy atom. The third-order valence-corrected chi connectivity index (χ3v) is 4.51. The van der Waals surface area contributed by atoms with Gasteiger partial charge in [0.25, 0.3) is 5.91 Å². The van der Waals surface area contributed by atoms with Crippen molar-refractivity contribution < 1.29 is 37.0 Å². The van der Waals surface area contributed by atoms with Crippen LogP contribution in [0.4, 0.5) is 18.9 Å². The van der Waals surface area contributed by atoms with Gasteiger partial charge in [0.1, 0.15) is 13.1 Å². The number of aromatic nitrogens is 2. The number of anilines is 1. The zero-order valence-corrected chi connectivity index (χ0v) is 17.5. The molecule has 0 saturated heterocycles. The number of alkyl halides is 3. The van der Waals surface area contributed by atoms with Crippen molar-refractivity contribution in [2.45, 2.75) is 19.6 Å². The van der Waals surface area contributed by atoms with Gasteiger partial charge in [0.05, 0.1) is 17.6 Å². The molecule has 3 rings (SSSR count). The number of nitrogens with zero attached hydrogens (tertiary/aromatic N) is 3. The highest BCUT2D eigenvalue weighted by Crippen LogP contribution is 2.31. The maximum Gasteiger partial charge on any atom is 0.449 e. The van der Waals surface area contributed by atoms with Crippen LogP contribution < -0.4 is 4.90 Å². The lowest BCUT2D eigenvalue weighted by Crippen LogP contribution is -2.39. The van der Waals surface area contributed by atoms with E-state index >= 15 is 0 Å². The van der Waals surface area contributed by atoms with E-state index in [1.165, 1.54) is 24.3 Å². The molecule has 1 heterocycles. The monoisotopic (exact) mass is 463 g/mol. The van der Waals surface area contributed by atoms with Crippen LogP contribution in [0.25, 0.3) is 11.0 Å². The van der Waals surface area contributed by atoms with E-state index in [9.17, 15) is 27.6 Å². The first-order chi connectivity index (χ1) is 15.7. The van der Waals surface area contributed by atoms with Gasteiger partial charge in [-0.1, -0.05) is 30.3 Å². The predicted molar refractivity (Wildman–Crippen MR) is 111 cm³/mol. The van der Waals surface area contributed by atoms with Gasteiger partial charge in [-0.25, -0.2) is 4.98 Å². The van der Waals surface area contributed by atoms with Gasteiger partial charge in [-0.05, 0) is 31.2 Å². The van der Waals surface area contributed by atoms with Crippen molar-refractivity contribution in [3.8, 4) is 0 Å². The molecule has 174 valence electrons. The maximum absolute atomic E-state index is 13.4. The molecule has 3 aromatic rings. The van der Waals surface area contributed by atoms with Crippen molar-refractivity contribution in [2.75, 3.05) is 24.7 Å². The van der Waals surface area contributed by atoms with Gasteiger partial charge in [0, 0.05) is 5.69 Å². The third kappa shape index (κ3) is 5.88. The Bertz CT molecular complexity index is 1150. The summed E-state index contributed by atoms with van der Waals surface area (Å²) in [5, 5.41) is 0. The normalized spacial score (nSPS) is 11.3. The molecule has 0 fully saturated rings. The number of esters is 2. The maximum atomic E-state index is 13.4. The van der Waals surface area contributed by atoms with Crippen molar-refractivity contribution in [3.63, 3.8) is 0 Å². The van der Waals surface area contributed by atoms with Crippen molar-refractivity contribution in [2.24, 2.45) is 0 Å². The van der Waals surface area contributed by atoms with Crippen LogP contribution in [0, 0.1) is 0 Å². The highest BCUT2D eigenvalue weighted by atomic mass is 19.4. The summed E-state index contributed by atoms with van der Waals surface area (Å²) in [5.41, 5.74) is 0.534. The molecular weight excluding hydrogens is 443 g/mol. The van der Waals surface area contributed by atoms with Crippen LogP contribution in [0.1, 0.15) is 12.7 Å². The molecule has 0 radical (unpaired) electrons. The van der Waals surface area contributed by atoms with Crippen molar-refractivity contribution in [1.82, 2.24) is 9.55 Å². The van der Waals surface area contributed by atoms with Crippen LogP contribution in [-0.2, 0) is 36.6 Å². The lowest BCUT2D eigenvalue weighted by Gasteiger charge is -2.21. The average molecular weight is 463 g/mol. The molecule has 0 bridgehead atoms. The number of carbonyl (C=O) groups is 3. The van der Waals surface area contributed by atoms with E-state index in [4.69, 9.17) is 9.47 Å². The van der Waals surface area contributed by atoms with E-state index in [0.29, 0.717) is 10.3 Å². The molecule has 0 spiro atoms. The molecule has 33 heavy (non-hydrogen) atoms. The molecule has 0 aliphatic rings. The molecular formula is C22H20F3N3O5. The van der Waals surface area contributed by atoms with Crippen LogP contribution in [0.3, 0.4) is 0 Å². The molecule has 1 aromatic heterocycles. The van der Waals surface area contributed by atoms with Gasteiger partial charge in [-0.15, -0.1) is 0 Å². The van der Waals surface area contributed by atoms with E-state index in [-0.39, 0.29) is 17.6 Å². The molecule has 2 aromatic carbocycles. The first-order valence-electron chi connectivity index (χ1n) is 9.89. The number of imidazole rings is 1. The largest absolute Gasteiger partial charge is 0.465 e. The number of rotatable bonds is 8. The number of amides is 1. The molecule has 8 nitrogen and oxygen atoms in total. The second kappa shape index (κ2) is 10.2. The number of halogens is 3. The molecule has 0 aliphatic heterocycles. The third-order valence-electron chi connectivity index (χ3n) is 4.51. The smallest absolute Gasteiger partial charge is 0.449 e. The lowest BCUT2D eigenvalue weighted by molar-refractivity contribution is -0.152. The zero-order chi connectivity index (χ0) is 24.0. The molecule has 0 unspecified atom stereocenters. The Morgan fingerprint density at radius 2 is 1.64 bits per heavy atom. The number of hydrogen-bond acceptors (Lipinski definition) is 6. The summed E-state index contributed by atoms with van der Waals surface area (Å²) in [7, 11) is 0. The minimum absolute atomic E-state index is 0.0680. The van der Waals surface area contributed by atoms with Gasteiger partial charge >= 0.3 is 18.1 Å². The van der Waals surface area contributed by atoms with E-state index in [0.717, 1.165) is 4.90 Å². The fourth-order valence-electron chi connectivity index (χ4n) is 3.11. The highest BCUT2D eigenvalue weighted by molar-refractivity contribution is 5.99. The van der Waals surface area contributed by atoms with Crippen LogP contribution in [0.2, 0.25) is 0 Å². The van der Waals surface area contributed by atoms with E-state index in [2.05, 4.69) is 4.98 Å². The standard InChI is InChI=1S/C22H20F3N3O5/c1-2-32-19(30)12-27(15-8-4-3-5-9-15)18(29)14-33-20(31)13-28-17-11-7-6-10-16(17)26-21(28)22(23,24)25/h3-11H,2,12-14H2,1H3. The van der Waals surface area contributed by atoms with Gasteiger partial charge in [-0.3, -0.25) is 19.3 Å². The Balaban J connectivity index is 1.73. The minimum atomic E-state index is -4.79. The van der Waals surface area contributed by atoms with E-state index in [1.807, 2.05) is 0 Å². The number of fused-ring (bicyclic) bond motifs is 1. The van der Waals surface area contributed by atoms with Gasteiger partial charge in [0.15, 0.2) is 6.61 Å². The predicted octanol–water partition coefficient (Wildman–Crippen LogP) is 3.19. The summed E-state index contributed by atoms with van der Waals surface area (Å²) >= 11 is 0. The SMILES string of the molecule is CCOC(=O)CN(C(=O)COC(=O)Cn1c(C(F)(F)F)nc2ccccc21)c1ccccc1. The van der Waals surface area contributed by atoms with Crippen LogP contribution in [0.5, 0.6) is 0 Å². The fourth-order valence-corrected chi connectivity index (χ4v) is 3.11. The minimum Gasteiger partial charge on any atom is -0.465 e. The number of carbonyl (C=O) groups excluding carboxylic acids is 3. The first-order valence-corrected chi connectivity index (χ1v) is 9.89. The zero-order valence-electron chi connectivity index (χ0n) is 17.5. The summed E-state index contributed by atoms with van der Waals surface area (Å²) in [6.07, 6.45) is -4.79. The summed E-state index contributed by atoms with van der Waals surface area (Å²) in [6, 6.07) is 14.0. The summed E-state index contributed by atoms with van der Waals surface area (Å²) in [5.74, 6) is -3.73. The average Bonchev–Trinajstić information content (AvgIpc) is 3.15. The summed E-state index contributed by atoms with van der Waals surface area (Å²) < 4.78 is 50.7. The molecule has 0 atom stereocenters. The molecule has 11 heteroatoms. The quantitative estimate of drug-likeness (QED) is 0.477. The van der Waals surface area contributed by atoms with Gasteiger partial charge in [-0.2, -0.15) is 13.2 Å². The second-order valence-electron chi connectivity index (χ2n) is 6.79. The summed E-state index contributed by atoms with van der Waals surface area (Å²) in [4.78, 5) is 41.5. The Hall–Kier alpha value is -3.89. The first kappa shape index (κ1) is 23.8. The van der Waals surface area contributed by atoms with E-state index in [1.54, 1.807) is 37.3 Å². The molecule has 0 N–H and O–H groups in total. The van der Waals surface area contributed by atoms with Crippen molar-refractivity contribution in [3.05, 3.63) is 60.4 Å². The topological polar surface area (TPSA) is 90.7 Å². The lowest BCUT2D eigenvalue weighted by atomic mass is 10.3. The Morgan fingerprint density at radius 3 is 2.30 bits per heavy atom. The fraction of sp³-hybridized carbons (Fsp3) is 0.273. The molecule has 0 aliphatic carbocycles. The Labute approximate surface area is 186 Å². The van der Waals surface area contributed by atoms with Crippen molar-refractivity contribution in [1.29, 1.82) is 0 Å². The summed E-state index contributed by atoms with van der Waals surface area (Å²) in [6.45, 7) is -0.264. The number of benzene rings is 2. The van der Waals surface area contributed by atoms with Gasteiger partial charge < -0.3 is 14.0 Å². The number of hydrogen-bond donors (Lipinski definition) is 0. The molecule has 0 saturated carbocycles. The highest BCUT2D eigenvalue weighted by Gasteiger charge is 2.38. The molecule has 1 amide bonds. The number of ether oxygens (including phenoxy) is 2. The van der Waals surface area contributed by atoms with Crippen LogP contribution in [0.15, 0.2) is 54.6 Å². The second-order valence-corrected chi connectivity index (χ2v) is 6.79. The van der Waals surface area contributed by atoms with Crippen LogP contribution >= 0.6 is 0 Å². The van der Waals surface area contributed by atoms with E-state index < -0.39 is 49.5 Å². The Kier molecular flexibility index (Phi) is 7.31.